The van der Waals surface area contributed by atoms with Gasteiger partial charge in [0.25, 0.3) is 11.1 Å². The number of fused-ring (bicyclic) bond motifs is 1. The molecule has 0 aliphatic rings. The molecule has 0 saturated heterocycles. The Bertz CT molecular complexity index is 957. The number of aromatic nitrogens is 3. The summed E-state index contributed by atoms with van der Waals surface area (Å²) >= 11 is 1.10. The molecule has 0 fully saturated rings. The quantitative estimate of drug-likeness (QED) is 0.685. The van der Waals surface area contributed by atoms with Crippen LogP contribution in [0.5, 0.6) is 5.75 Å². The molecule has 0 spiro atoms. The minimum Gasteiger partial charge on any atom is -0.508 e. The van der Waals surface area contributed by atoms with Crippen molar-refractivity contribution < 1.29 is 5.11 Å². The monoisotopic (exact) mass is 287 g/mol. The number of phenols is 1. The van der Waals surface area contributed by atoms with Gasteiger partial charge in [-0.05, 0) is 30.7 Å². The van der Waals surface area contributed by atoms with Crippen LogP contribution < -0.4 is 15.7 Å². The lowest BCUT2D eigenvalue weighted by atomic mass is 10.2. The molecule has 3 aromatic rings. The third-order valence-corrected chi connectivity index (χ3v) is 3.69. The number of hydrogen-bond acceptors (Lipinski definition) is 6. The van der Waals surface area contributed by atoms with Crippen molar-refractivity contribution >= 4 is 22.4 Å². The van der Waals surface area contributed by atoms with E-state index in [0.717, 1.165) is 21.4 Å². The highest BCUT2D eigenvalue weighted by atomic mass is 32.1. The smallest absolute Gasteiger partial charge is 0.295 e. The van der Waals surface area contributed by atoms with E-state index in [1.807, 2.05) is 0 Å². The molecular weight excluding hydrogens is 278 g/mol. The Morgan fingerprint density at radius 1 is 1.25 bits per heavy atom. The number of phenolic OH excluding ortho intramolecular Hbond substituents is 1. The van der Waals surface area contributed by atoms with Gasteiger partial charge in [0.15, 0.2) is 0 Å². The first-order valence-corrected chi connectivity index (χ1v) is 6.57. The third kappa shape index (κ3) is 2.08. The molecular formula is C13H9N3O3S. The van der Waals surface area contributed by atoms with Crippen LogP contribution in [0, 0.1) is 6.92 Å². The van der Waals surface area contributed by atoms with Gasteiger partial charge in [-0.3, -0.25) is 9.59 Å². The van der Waals surface area contributed by atoms with Gasteiger partial charge in [-0.15, -0.1) is 0 Å². The van der Waals surface area contributed by atoms with Crippen LogP contribution in [-0.4, -0.2) is 19.7 Å². The molecule has 0 bridgehead atoms. The molecule has 0 amide bonds. The molecule has 0 atom stereocenters. The molecule has 2 heterocycles. The number of thiazole rings is 1. The van der Waals surface area contributed by atoms with Gasteiger partial charge < -0.3 is 5.11 Å². The highest BCUT2D eigenvalue weighted by molar-refractivity contribution is 7.15. The van der Waals surface area contributed by atoms with Crippen molar-refractivity contribution in [2.75, 3.05) is 0 Å². The van der Waals surface area contributed by atoms with E-state index < -0.39 is 5.56 Å². The van der Waals surface area contributed by atoms with Crippen LogP contribution in [0.4, 0.5) is 0 Å². The molecule has 1 aromatic carbocycles. The van der Waals surface area contributed by atoms with Crippen molar-refractivity contribution in [3.63, 3.8) is 0 Å². The van der Waals surface area contributed by atoms with Crippen molar-refractivity contribution in [1.82, 2.24) is 14.6 Å². The van der Waals surface area contributed by atoms with Crippen molar-refractivity contribution in [2.45, 2.75) is 6.92 Å². The fraction of sp³-hybridized carbons (Fsp3) is 0.0769. The summed E-state index contributed by atoms with van der Waals surface area (Å²) in [5.74, 6) is 0.158. The summed E-state index contributed by atoms with van der Waals surface area (Å²) in [6, 6.07) is 6.45. The molecule has 2 aromatic heterocycles. The predicted octanol–water partition coefficient (Wildman–Crippen LogP) is 0.0729. The van der Waals surface area contributed by atoms with Crippen LogP contribution in [0.3, 0.4) is 0 Å². The predicted molar refractivity (Wildman–Crippen MR) is 75.0 cm³/mol. The first-order chi connectivity index (χ1) is 9.54. The molecule has 3 rings (SSSR count). The second-order valence-electron chi connectivity index (χ2n) is 4.20. The maximum atomic E-state index is 12.2. The first-order valence-electron chi connectivity index (χ1n) is 5.76. The number of hydrogen-bond donors (Lipinski definition) is 1. The Hall–Kier alpha value is -2.54. The van der Waals surface area contributed by atoms with Crippen LogP contribution in [-0.2, 0) is 0 Å². The standard InChI is InChI=1S/C13H9N3O3S/c1-7-11(18)14-13-16(15-7)12(19)10(20-13)6-8-2-4-9(17)5-3-8/h2-6,17H,1H3. The van der Waals surface area contributed by atoms with E-state index >= 15 is 0 Å². The number of rotatable bonds is 1. The van der Waals surface area contributed by atoms with E-state index in [1.165, 1.54) is 19.1 Å². The molecule has 0 radical (unpaired) electrons. The Morgan fingerprint density at radius 2 is 1.95 bits per heavy atom. The van der Waals surface area contributed by atoms with Crippen LogP contribution in [0.15, 0.2) is 33.9 Å². The lowest BCUT2D eigenvalue weighted by molar-refractivity contribution is 0.475. The average Bonchev–Trinajstić information content (AvgIpc) is 2.70. The number of aryl methyl sites for hydroxylation is 1. The zero-order valence-corrected chi connectivity index (χ0v) is 11.2. The zero-order chi connectivity index (χ0) is 14.3. The highest BCUT2D eigenvalue weighted by Crippen LogP contribution is 2.10. The molecule has 6 nitrogen and oxygen atoms in total. The van der Waals surface area contributed by atoms with Gasteiger partial charge in [0.05, 0.1) is 4.53 Å². The average molecular weight is 287 g/mol. The van der Waals surface area contributed by atoms with Crippen molar-refractivity contribution in [2.24, 2.45) is 0 Å². The normalized spacial score (nSPS) is 12.2. The maximum absolute atomic E-state index is 12.2. The van der Waals surface area contributed by atoms with E-state index in [-0.39, 0.29) is 22.0 Å². The van der Waals surface area contributed by atoms with Gasteiger partial charge in [0.2, 0.25) is 4.96 Å². The van der Waals surface area contributed by atoms with E-state index in [9.17, 15) is 14.7 Å². The zero-order valence-electron chi connectivity index (χ0n) is 10.4. The van der Waals surface area contributed by atoms with Crippen molar-refractivity contribution in [3.05, 3.63) is 60.8 Å². The molecule has 0 aliphatic heterocycles. The van der Waals surface area contributed by atoms with E-state index in [0.29, 0.717) is 4.53 Å². The van der Waals surface area contributed by atoms with Crippen LogP contribution >= 0.6 is 11.3 Å². The van der Waals surface area contributed by atoms with Crippen molar-refractivity contribution in [3.8, 4) is 5.75 Å². The number of nitrogens with zero attached hydrogens (tertiary/aromatic N) is 3. The molecule has 0 aliphatic carbocycles. The minimum atomic E-state index is -0.428. The Labute approximate surface area is 116 Å². The summed E-state index contributed by atoms with van der Waals surface area (Å²) in [5, 5.41) is 13.2. The van der Waals surface area contributed by atoms with E-state index in [2.05, 4.69) is 10.1 Å². The minimum absolute atomic E-state index is 0.158. The number of benzene rings is 1. The topological polar surface area (TPSA) is 84.6 Å². The van der Waals surface area contributed by atoms with Crippen LogP contribution in [0.1, 0.15) is 11.3 Å². The largest absolute Gasteiger partial charge is 0.508 e. The van der Waals surface area contributed by atoms with Crippen LogP contribution in [0.25, 0.3) is 11.0 Å². The fourth-order valence-corrected chi connectivity index (χ4v) is 2.61. The fourth-order valence-electron chi connectivity index (χ4n) is 1.71. The van der Waals surface area contributed by atoms with Crippen LogP contribution in [0.2, 0.25) is 0 Å². The summed E-state index contributed by atoms with van der Waals surface area (Å²) in [4.78, 5) is 27.7. The lowest BCUT2D eigenvalue weighted by Crippen LogP contribution is -2.27. The van der Waals surface area contributed by atoms with Gasteiger partial charge in [-0.2, -0.15) is 14.6 Å². The Balaban J connectivity index is 2.27. The summed E-state index contributed by atoms with van der Waals surface area (Å²) < 4.78 is 1.56. The SMILES string of the molecule is Cc1nn2c(=O)c(=Cc3ccc(O)cc3)sc2nc1=O. The first kappa shape index (κ1) is 12.5. The van der Waals surface area contributed by atoms with E-state index in [1.54, 1.807) is 18.2 Å². The molecule has 20 heavy (non-hydrogen) atoms. The Kier molecular flexibility index (Phi) is 2.83. The summed E-state index contributed by atoms with van der Waals surface area (Å²) in [6.07, 6.45) is 1.67. The third-order valence-electron chi connectivity index (χ3n) is 2.73. The van der Waals surface area contributed by atoms with Gasteiger partial charge in [-0.1, -0.05) is 23.5 Å². The molecule has 1 N–H and O–H groups in total. The maximum Gasteiger partial charge on any atom is 0.295 e. The highest BCUT2D eigenvalue weighted by Gasteiger charge is 2.07. The molecule has 0 unspecified atom stereocenters. The van der Waals surface area contributed by atoms with Gasteiger partial charge in [0.1, 0.15) is 11.4 Å². The summed E-state index contributed by atoms with van der Waals surface area (Å²) in [5.41, 5.74) is 0.218. The van der Waals surface area contributed by atoms with Gasteiger partial charge in [0, 0.05) is 0 Å². The van der Waals surface area contributed by atoms with Crippen molar-refractivity contribution in [1.29, 1.82) is 0 Å². The summed E-state index contributed by atoms with van der Waals surface area (Å²) in [7, 11) is 0. The Morgan fingerprint density at radius 3 is 2.65 bits per heavy atom. The van der Waals surface area contributed by atoms with Gasteiger partial charge in [-0.25, -0.2) is 0 Å². The van der Waals surface area contributed by atoms with E-state index in [4.69, 9.17) is 0 Å². The van der Waals surface area contributed by atoms with Gasteiger partial charge >= 0.3 is 0 Å². The molecule has 100 valence electrons. The lowest BCUT2D eigenvalue weighted by Gasteiger charge is -1.91. The number of aromatic hydroxyl groups is 1. The molecule has 0 saturated carbocycles. The molecule has 7 heteroatoms. The summed E-state index contributed by atoms with van der Waals surface area (Å²) in [6.45, 7) is 1.52. The second-order valence-corrected chi connectivity index (χ2v) is 5.21. The second kappa shape index (κ2) is 4.53.